The van der Waals surface area contributed by atoms with Gasteiger partial charge in [0.15, 0.2) is 5.82 Å². The maximum Gasteiger partial charge on any atom is 0.235 e. The predicted molar refractivity (Wildman–Crippen MR) is 108 cm³/mol. The molecule has 138 valence electrons. The normalized spacial score (nSPS) is 16.4. The van der Waals surface area contributed by atoms with Crippen molar-refractivity contribution < 1.29 is 9.53 Å². The second kappa shape index (κ2) is 7.66. The van der Waals surface area contributed by atoms with Crippen molar-refractivity contribution in [2.75, 3.05) is 11.1 Å². The van der Waals surface area contributed by atoms with Gasteiger partial charge in [-0.2, -0.15) is 5.10 Å². The highest BCUT2D eigenvalue weighted by atomic mass is 35.5. The number of fused-ring (bicyclic) bond motifs is 1. The Labute approximate surface area is 166 Å². The number of benzene rings is 2. The first kappa shape index (κ1) is 17.9. The summed E-state index contributed by atoms with van der Waals surface area (Å²) in [6, 6.07) is 15.6. The largest absolute Gasteiger partial charge is 0.489 e. The quantitative estimate of drug-likeness (QED) is 0.665. The number of amides is 1. The lowest BCUT2D eigenvalue weighted by molar-refractivity contribution is -0.113. The van der Waals surface area contributed by atoms with Crippen LogP contribution in [0.4, 0.5) is 5.82 Å². The van der Waals surface area contributed by atoms with Gasteiger partial charge in [0.25, 0.3) is 0 Å². The van der Waals surface area contributed by atoms with Crippen molar-refractivity contribution in [2.45, 2.75) is 18.8 Å². The smallest absolute Gasteiger partial charge is 0.235 e. The maximum atomic E-state index is 11.9. The van der Waals surface area contributed by atoms with Gasteiger partial charge >= 0.3 is 0 Å². The Hall–Kier alpha value is -2.44. The van der Waals surface area contributed by atoms with E-state index in [1.54, 1.807) is 11.8 Å². The van der Waals surface area contributed by atoms with Crippen LogP contribution in [0.2, 0.25) is 5.02 Å². The minimum atomic E-state index is -0.0295. The fraction of sp³-hybridized carbons (Fsp3) is 0.200. The summed E-state index contributed by atoms with van der Waals surface area (Å²) >= 11 is 7.50. The zero-order valence-electron chi connectivity index (χ0n) is 14.7. The zero-order chi connectivity index (χ0) is 18.8. The highest BCUT2D eigenvalue weighted by Gasteiger charge is 2.28. The second-order valence-electron chi connectivity index (χ2n) is 6.33. The molecule has 2 N–H and O–H groups in total. The van der Waals surface area contributed by atoms with E-state index in [0.717, 1.165) is 28.1 Å². The molecule has 0 radical (unpaired) electrons. The third kappa shape index (κ3) is 3.96. The van der Waals surface area contributed by atoms with Crippen molar-refractivity contribution >= 4 is 35.1 Å². The van der Waals surface area contributed by atoms with Crippen LogP contribution in [0.1, 0.15) is 27.6 Å². The Kier molecular flexibility index (Phi) is 5.09. The number of aromatic nitrogens is 2. The van der Waals surface area contributed by atoms with Gasteiger partial charge in [-0.05, 0) is 42.3 Å². The molecule has 0 fully saturated rings. The molecule has 0 spiro atoms. The molecule has 5 nitrogen and oxygen atoms in total. The van der Waals surface area contributed by atoms with Gasteiger partial charge in [0.2, 0.25) is 5.91 Å². The summed E-state index contributed by atoms with van der Waals surface area (Å²) in [5, 5.41) is 10.8. The number of rotatable bonds is 4. The maximum absolute atomic E-state index is 11.9. The van der Waals surface area contributed by atoms with Gasteiger partial charge in [-0.25, -0.2) is 0 Å². The van der Waals surface area contributed by atoms with E-state index in [2.05, 4.69) is 15.5 Å². The van der Waals surface area contributed by atoms with Crippen molar-refractivity contribution in [2.24, 2.45) is 0 Å². The molecule has 0 saturated carbocycles. The fourth-order valence-electron chi connectivity index (χ4n) is 3.01. The number of aromatic amines is 1. The van der Waals surface area contributed by atoms with E-state index >= 15 is 0 Å². The van der Waals surface area contributed by atoms with Crippen LogP contribution in [0.5, 0.6) is 5.75 Å². The van der Waals surface area contributed by atoms with Crippen LogP contribution in [-0.2, 0) is 11.4 Å². The van der Waals surface area contributed by atoms with Gasteiger partial charge in [-0.15, -0.1) is 11.8 Å². The van der Waals surface area contributed by atoms with Crippen molar-refractivity contribution in [3.05, 3.63) is 75.9 Å². The summed E-state index contributed by atoms with van der Waals surface area (Å²) in [6.45, 7) is 2.46. The van der Waals surface area contributed by atoms with Crippen molar-refractivity contribution in [3.63, 3.8) is 0 Å². The Balaban J connectivity index is 1.51. The molecule has 2 aromatic carbocycles. The first-order valence-corrected chi connectivity index (χ1v) is 9.96. The summed E-state index contributed by atoms with van der Waals surface area (Å²) in [6.07, 6.45) is 0. The number of hydrogen-bond donors (Lipinski definition) is 2. The molecule has 1 amide bonds. The number of nitrogens with zero attached hydrogens (tertiary/aromatic N) is 1. The highest BCUT2D eigenvalue weighted by Crippen LogP contribution is 2.42. The van der Waals surface area contributed by atoms with E-state index in [0.29, 0.717) is 23.2 Å². The molecule has 0 saturated heterocycles. The number of ether oxygens (including phenoxy) is 1. The van der Waals surface area contributed by atoms with Crippen molar-refractivity contribution in [3.8, 4) is 5.75 Å². The Morgan fingerprint density at radius 1 is 1.19 bits per heavy atom. The molecule has 2 heterocycles. The number of anilines is 1. The SMILES string of the molecule is Cc1[nH]nc2c1C(c1ccc(OCc3ccc(Cl)cc3)cc1)SCC(=O)N2. The Morgan fingerprint density at radius 3 is 2.67 bits per heavy atom. The summed E-state index contributed by atoms with van der Waals surface area (Å²) in [5.41, 5.74) is 4.17. The van der Waals surface area contributed by atoms with E-state index in [1.165, 1.54) is 0 Å². The molecule has 1 unspecified atom stereocenters. The molecule has 1 aliphatic heterocycles. The first-order valence-electron chi connectivity index (χ1n) is 8.53. The zero-order valence-corrected chi connectivity index (χ0v) is 16.2. The molecule has 1 atom stereocenters. The molecule has 0 aliphatic carbocycles. The molecule has 27 heavy (non-hydrogen) atoms. The van der Waals surface area contributed by atoms with E-state index in [9.17, 15) is 4.79 Å². The van der Waals surface area contributed by atoms with Gasteiger partial charge in [-0.3, -0.25) is 9.89 Å². The fourth-order valence-corrected chi connectivity index (χ4v) is 4.33. The van der Waals surface area contributed by atoms with Crippen LogP contribution >= 0.6 is 23.4 Å². The summed E-state index contributed by atoms with van der Waals surface area (Å²) < 4.78 is 5.86. The lowest BCUT2D eigenvalue weighted by atomic mass is 10.0. The Bertz CT molecular complexity index is 954. The highest BCUT2D eigenvalue weighted by molar-refractivity contribution is 8.00. The van der Waals surface area contributed by atoms with Crippen LogP contribution in [0.25, 0.3) is 0 Å². The lowest BCUT2D eigenvalue weighted by Gasteiger charge is -2.16. The summed E-state index contributed by atoms with van der Waals surface area (Å²) in [7, 11) is 0. The van der Waals surface area contributed by atoms with Gasteiger partial charge in [-0.1, -0.05) is 35.9 Å². The Morgan fingerprint density at radius 2 is 1.93 bits per heavy atom. The second-order valence-corrected chi connectivity index (χ2v) is 7.86. The number of carbonyl (C=O) groups excluding carboxylic acids is 1. The topological polar surface area (TPSA) is 67.0 Å². The van der Waals surface area contributed by atoms with Crippen LogP contribution in [0.15, 0.2) is 48.5 Å². The molecule has 1 aliphatic rings. The average molecular weight is 400 g/mol. The van der Waals surface area contributed by atoms with Crippen LogP contribution in [0, 0.1) is 6.92 Å². The predicted octanol–water partition coefficient (Wildman–Crippen LogP) is 4.73. The average Bonchev–Trinajstić information content (AvgIpc) is 2.93. The van der Waals surface area contributed by atoms with Gasteiger partial charge in [0.05, 0.1) is 11.0 Å². The molecule has 0 bridgehead atoms. The molecule has 4 rings (SSSR count). The monoisotopic (exact) mass is 399 g/mol. The third-order valence-corrected chi connectivity index (χ3v) is 5.92. The molecule has 7 heteroatoms. The molecular weight excluding hydrogens is 382 g/mol. The van der Waals surface area contributed by atoms with E-state index in [-0.39, 0.29) is 11.2 Å². The number of carbonyl (C=O) groups is 1. The van der Waals surface area contributed by atoms with Gasteiger partial charge < -0.3 is 10.1 Å². The number of thioether (sulfide) groups is 1. The number of hydrogen-bond acceptors (Lipinski definition) is 4. The van der Waals surface area contributed by atoms with Crippen LogP contribution < -0.4 is 10.1 Å². The lowest BCUT2D eigenvalue weighted by Crippen LogP contribution is -2.12. The van der Waals surface area contributed by atoms with Crippen molar-refractivity contribution in [1.82, 2.24) is 10.2 Å². The number of nitrogens with one attached hydrogen (secondary N) is 2. The van der Waals surface area contributed by atoms with Crippen molar-refractivity contribution in [1.29, 1.82) is 0 Å². The van der Waals surface area contributed by atoms with Crippen LogP contribution in [-0.4, -0.2) is 21.9 Å². The number of H-pyrrole nitrogens is 1. The summed E-state index contributed by atoms with van der Waals surface area (Å²) in [4.78, 5) is 11.9. The molecular formula is C20H18ClN3O2S. The van der Waals surface area contributed by atoms with E-state index < -0.39 is 0 Å². The minimum Gasteiger partial charge on any atom is -0.489 e. The van der Waals surface area contributed by atoms with Gasteiger partial charge in [0, 0.05) is 16.3 Å². The number of halogens is 1. The third-order valence-electron chi connectivity index (χ3n) is 4.40. The standard InChI is InChI=1S/C20H18ClN3O2S/c1-12-18-19(27-11-17(25)22-20(18)24-23-12)14-4-8-16(9-5-14)26-10-13-2-6-15(21)7-3-13/h2-9,19H,10-11H2,1H3,(H2,22,23,24,25). The summed E-state index contributed by atoms with van der Waals surface area (Å²) in [5.74, 6) is 1.79. The minimum absolute atomic E-state index is 0.0295. The van der Waals surface area contributed by atoms with E-state index in [4.69, 9.17) is 16.3 Å². The van der Waals surface area contributed by atoms with Crippen LogP contribution in [0.3, 0.4) is 0 Å². The van der Waals surface area contributed by atoms with Gasteiger partial charge in [0.1, 0.15) is 12.4 Å². The first-order chi connectivity index (χ1) is 13.1. The molecule has 1 aromatic heterocycles. The number of aryl methyl sites for hydroxylation is 1. The molecule has 3 aromatic rings. The van der Waals surface area contributed by atoms with E-state index in [1.807, 2.05) is 55.5 Å².